The van der Waals surface area contributed by atoms with Crippen molar-refractivity contribution in [1.82, 2.24) is 10.2 Å². The van der Waals surface area contributed by atoms with Gasteiger partial charge in [-0.2, -0.15) is 0 Å². The number of rotatable bonds is 2. The molecule has 1 aromatic rings. The van der Waals surface area contributed by atoms with E-state index in [1.54, 1.807) is 0 Å². The Morgan fingerprint density at radius 2 is 2.25 bits per heavy atom. The van der Waals surface area contributed by atoms with Gasteiger partial charge in [0.1, 0.15) is 0 Å². The van der Waals surface area contributed by atoms with E-state index < -0.39 is 0 Å². The van der Waals surface area contributed by atoms with Gasteiger partial charge in [-0.1, -0.05) is 23.7 Å². The van der Waals surface area contributed by atoms with Crippen molar-refractivity contribution in [2.75, 3.05) is 13.1 Å². The topological polar surface area (TPSA) is 15.3 Å². The molecule has 0 amide bonds. The highest BCUT2D eigenvalue weighted by Crippen LogP contribution is 2.16. The van der Waals surface area contributed by atoms with E-state index in [1.165, 1.54) is 5.56 Å². The summed E-state index contributed by atoms with van der Waals surface area (Å²) in [6, 6.07) is 9.29. The van der Waals surface area contributed by atoms with Crippen molar-refractivity contribution in [3.8, 4) is 0 Å². The van der Waals surface area contributed by atoms with Crippen LogP contribution in [0.5, 0.6) is 0 Å². The molecule has 1 saturated heterocycles. The Bertz CT molecular complexity index is 354. The van der Waals surface area contributed by atoms with Crippen molar-refractivity contribution in [3.05, 3.63) is 34.9 Å². The van der Waals surface area contributed by atoms with Gasteiger partial charge >= 0.3 is 0 Å². The van der Waals surface area contributed by atoms with Crippen LogP contribution in [0.1, 0.15) is 19.4 Å². The lowest BCUT2D eigenvalue weighted by Gasteiger charge is -2.38. The Balaban J connectivity index is 2.03. The maximum Gasteiger partial charge on any atom is 0.0409 e. The monoisotopic (exact) mass is 238 g/mol. The largest absolute Gasteiger partial charge is 0.311 e. The average Bonchev–Trinajstić information content (AvgIpc) is 2.25. The molecule has 1 N–H and O–H groups in total. The van der Waals surface area contributed by atoms with Crippen molar-refractivity contribution in [3.63, 3.8) is 0 Å². The molecule has 0 aromatic heterocycles. The summed E-state index contributed by atoms with van der Waals surface area (Å²) < 4.78 is 0. The van der Waals surface area contributed by atoms with Crippen LogP contribution in [0.25, 0.3) is 0 Å². The minimum atomic E-state index is 0.563. The van der Waals surface area contributed by atoms with E-state index in [2.05, 4.69) is 36.2 Å². The van der Waals surface area contributed by atoms with Gasteiger partial charge in [-0.05, 0) is 31.5 Å². The Morgan fingerprint density at radius 3 is 3.00 bits per heavy atom. The fourth-order valence-corrected chi connectivity index (χ4v) is 2.43. The third-order valence-corrected chi connectivity index (χ3v) is 3.67. The van der Waals surface area contributed by atoms with Gasteiger partial charge < -0.3 is 5.32 Å². The van der Waals surface area contributed by atoms with Gasteiger partial charge in [-0.3, -0.25) is 4.90 Å². The van der Waals surface area contributed by atoms with Crippen molar-refractivity contribution in [1.29, 1.82) is 0 Å². The quantitative estimate of drug-likeness (QED) is 0.852. The lowest BCUT2D eigenvalue weighted by molar-refractivity contribution is 0.131. The van der Waals surface area contributed by atoms with Gasteiger partial charge in [0, 0.05) is 36.7 Å². The molecule has 0 bridgehead atoms. The highest BCUT2D eigenvalue weighted by atomic mass is 35.5. The molecule has 1 aliphatic rings. The van der Waals surface area contributed by atoms with E-state index in [4.69, 9.17) is 11.6 Å². The van der Waals surface area contributed by atoms with Crippen molar-refractivity contribution < 1.29 is 0 Å². The molecule has 1 heterocycles. The van der Waals surface area contributed by atoms with Crippen LogP contribution in [-0.2, 0) is 6.54 Å². The van der Waals surface area contributed by atoms with Gasteiger partial charge in [-0.15, -0.1) is 0 Å². The molecule has 3 heteroatoms. The molecule has 2 unspecified atom stereocenters. The molecule has 88 valence electrons. The van der Waals surface area contributed by atoms with Gasteiger partial charge in [-0.25, -0.2) is 0 Å². The number of hydrogen-bond acceptors (Lipinski definition) is 2. The molecule has 2 nitrogen and oxygen atoms in total. The second kappa shape index (κ2) is 5.17. The molecule has 1 aliphatic heterocycles. The Kier molecular flexibility index (Phi) is 3.85. The second-order valence-electron chi connectivity index (χ2n) is 4.58. The number of halogens is 1. The average molecular weight is 239 g/mol. The molecule has 1 aromatic carbocycles. The van der Waals surface area contributed by atoms with Crippen molar-refractivity contribution in [2.24, 2.45) is 0 Å². The molecule has 2 atom stereocenters. The molecule has 0 aliphatic carbocycles. The highest BCUT2D eigenvalue weighted by Gasteiger charge is 2.23. The Morgan fingerprint density at radius 1 is 1.44 bits per heavy atom. The van der Waals surface area contributed by atoms with Crippen LogP contribution in [0, 0.1) is 0 Å². The maximum atomic E-state index is 6.00. The molecule has 0 saturated carbocycles. The first-order valence-corrected chi connectivity index (χ1v) is 6.26. The summed E-state index contributed by atoms with van der Waals surface area (Å²) >= 11 is 6.00. The standard InChI is InChI=1S/C13H19ClN2/c1-10-11(2)16(7-6-15-10)9-12-4-3-5-13(14)8-12/h3-5,8,10-11,15H,6-7,9H2,1-2H3. The van der Waals surface area contributed by atoms with Crippen LogP contribution in [0.15, 0.2) is 24.3 Å². The summed E-state index contributed by atoms with van der Waals surface area (Å²) in [7, 11) is 0. The minimum Gasteiger partial charge on any atom is -0.311 e. The summed E-state index contributed by atoms with van der Waals surface area (Å²) in [5.41, 5.74) is 1.30. The zero-order valence-corrected chi connectivity index (χ0v) is 10.7. The first-order valence-electron chi connectivity index (χ1n) is 5.88. The number of nitrogens with zero attached hydrogens (tertiary/aromatic N) is 1. The molecule has 1 fully saturated rings. The number of benzene rings is 1. The predicted octanol–water partition coefficient (Wildman–Crippen LogP) is 2.52. The summed E-state index contributed by atoms with van der Waals surface area (Å²) in [6.07, 6.45) is 0. The van der Waals surface area contributed by atoms with Gasteiger partial charge in [0.2, 0.25) is 0 Å². The zero-order chi connectivity index (χ0) is 11.5. The van der Waals surface area contributed by atoms with Crippen molar-refractivity contribution >= 4 is 11.6 Å². The summed E-state index contributed by atoms with van der Waals surface area (Å²) in [6.45, 7) is 7.70. The van der Waals surface area contributed by atoms with Crippen LogP contribution in [0.2, 0.25) is 5.02 Å². The first-order chi connectivity index (χ1) is 7.66. The Labute approximate surface area is 103 Å². The summed E-state index contributed by atoms with van der Waals surface area (Å²) in [4.78, 5) is 2.51. The predicted molar refractivity (Wildman–Crippen MR) is 68.8 cm³/mol. The highest BCUT2D eigenvalue weighted by molar-refractivity contribution is 6.30. The fourth-order valence-electron chi connectivity index (χ4n) is 2.22. The Hall–Kier alpha value is -0.570. The maximum absolute atomic E-state index is 6.00. The zero-order valence-electron chi connectivity index (χ0n) is 9.91. The van der Waals surface area contributed by atoms with Gasteiger partial charge in [0.05, 0.1) is 0 Å². The molecule has 0 radical (unpaired) electrons. The molecule has 0 spiro atoms. The normalized spacial score (nSPS) is 26.9. The SMILES string of the molecule is CC1NCCN(Cc2cccc(Cl)c2)C1C. The number of piperazine rings is 1. The molecule has 16 heavy (non-hydrogen) atoms. The summed E-state index contributed by atoms with van der Waals surface area (Å²) in [5.74, 6) is 0. The van der Waals surface area contributed by atoms with E-state index in [1.807, 2.05) is 12.1 Å². The third-order valence-electron chi connectivity index (χ3n) is 3.44. The van der Waals surface area contributed by atoms with Gasteiger partial charge in [0.15, 0.2) is 0 Å². The molecule has 2 rings (SSSR count). The van der Waals surface area contributed by atoms with E-state index in [9.17, 15) is 0 Å². The molecular formula is C13H19ClN2. The van der Waals surface area contributed by atoms with Crippen LogP contribution in [0.3, 0.4) is 0 Å². The van der Waals surface area contributed by atoms with Crippen LogP contribution >= 0.6 is 11.6 Å². The minimum absolute atomic E-state index is 0.563. The number of hydrogen-bond donors (Lipinski definition) is 1. The molecular weight excluding hydrogens is 220 g/mol. The summed E-state index contributed by atoms with van der Waals surface area (Å²) in [5, 5.41) is 4.32. The lowest BCUT2D eigenvalue weighted by Crippen LogP contribution is -2.54. The first kappa shape index (κ1) is 11.9. The van der Waals surface area contributed by atoms with E-state index in [0.717, 1.165) is 24.7 Å². The van der Waals surface area contributed by atoms with Crippen LogP contribution < -0.4 is 5.32 Å². The van der Waals surface area contributed by atoms with Crippen LogP contribution in [-0.4, -0.2) is 30.1 Å². The lowest BCUT2D eigenvalue weighted by atomic mass is 10.1. The van der Waals surface area contributed by atoms with E-state index >= 15 is 0 Å². The van der Waals surface area contributed by atoms with Crippen molar-refractivity contribution in [2.45, 2.75) is 32.5 Å². The second-order valence-corrected chi connectivity index (χ2v) is 5.02. The van der Waals surface area contributed by atoms with E-state index in [0.29, 0.717) is 12.1 Å². The van der Waals surface area contributed by atoms with Crippen LogP contribution in [0.4, 0.5) is 0 Å². The number of nitrogens with one attached hydrogen (secondary N) is 1. The van der Waals surface area contributed by atoms with Gasteiger partial charge in [0.25, 0.3) is 0 Å². The third kappa shape index (κ3) is 2.76. The smallest absolute Gasteiger partial charge is 0.0409 e. The van der Waals surface area contributed by atoms with E-state index in [-0.39, 0.29) is 0 Å². The fraction of sp³-hybridized carbons (Fsp3) is 0.538.